The predicted molar refractivity (Wildman–Crippen MR) is 109 cm³/mol. The lowest BCUT2D eigenvalue weighted by Crippen LogP contribution is -2.38. The Balaban J connectivity index is 1.93. The number of nitrogens with zero attached hydrogens (tertiary/aromatic N) is 1. The summed E-state index contributed by atoms with van der Waals surface area (Å²) in [5, 5.41) is 0. The van der Waals surface area contributed by atoms with Gasteiger partial charge in [0.1, 0.15) is 0 Å². The first kappa shape index (κ1) is 19.4. The van der Waals surface area contributed by atoms with Crippen LogP contribution < -0.4 is 9.62 Å². The van der Waals surface area contributed by atoms with Gasteiger partial charge in [-0.25, -0.2) is 8.42 Å². The van der Waals surface area contributed by atoms with Gasteiger partial charge in [-0.05, 0) is 49.6 Å². The minimum Gasteiger partial charge on any atom is -0.311 e. The fourth-order valence-electron chi connectivity index (χ4n) is 3.37. The van der Waals surface area contributed by atoms with Gasteiger partial charge in [-0.3, -0.25) is 9.52 Å². The van der Waals surface area contributed by atoms with Gasteiger partial charge in [-0.2, -0.15) is 0 Å². The monoisotopic (exact) mass is 386 g/mol. The summed E-state index contributed by atoms with van der Waals surface area (Å²) in [5.74, 6) is 0.0376. The molecule has 0 aliphatic carbocycles. The summed E-state index contributed by atoms with van der Waals surface area (Å²) in [6.07, 6.45) is 0.779. The van der Waals surface area contributed by atoms with Crippen molar-refractivity contribution in [1.82, 2.24) is 0 Å². The highest BCUT2D eigenvalue weighted by Crippen LogP contribution is 2.34. The van der Waals surface area contributed by atoms with Crippen LogP contribution in [-0.4, -0.2) is 20.9 Å². The third kappa shape index (κ3) is 3.86. The number of carbonyl (C=O) groups is 1. The highest BCUT2D eigenvalue weighted by atomic mass is 32.2. The maximum atomic E-state index is 12.8. The van der Waals surface area contributed by atoms with Gasteiger partial charge in [0.25, 0.3) is 10.0 Å². The van der Waals surface area contributed by atoms with E-state index in [-0.39, 0.29) is 10.8 Å². The van der Waals surface area contributed by atoms with Crippen LogP contribution in [0.25, 0.3) is 0 Å². The molecule has 0 radical (unpaired) electrons. The van der Waals surface area contributed by atoms with Crippen LogP contribution in [0.1, 0.15) is 37.5 Å². The number of hydrogen-bond donors (Lipinski definition) is 1. The van der Waals surface area contributed by atoms with Crippen LogP contribution in [0.2, 0.25) is 0 Å². The Kier molecular flexibility index (Phi) is 4.80. The fraction of sp³-hybridized carbons (Fsp3) is 0.381. The lowest BCUT2D eigenvalue weighted by Gasteiger charge is -2.26. The molecule has 1 aliphatic heterocycles. The number of fused-ring (bicyclic) bond motifs is 1. The summed E-state index contributed by atoms with van der Waals surface area (Å²) in [4.78, 5) is 14.7. The third-order valence-corrected chi connectivity index (χ3v) is 6.28. The molecule has 2 aromatic rings. The second-order valence-corrected chi connectivity index (χ2v) is 9.83. The van der Waals surface area contributed by atoms with Gasteiger partial charge in [-0.1, -0.05) is 44.5 Å². The molecule has 2 aromatic carbocycles. The molecule has 27 heavy (non-hydrogen) atoms. The maximum absolute atomic E-state index is 12.8. The Morgan fingerprint density at radius 1 is 1.07 bits per heavy atom. The number of aryl methyl sites for hydroxylation is 2. The van der Waals surface area contributed by atoms with Crippen LogP contribution in [0.5, 0.6) is 0 Å². The summed E-state index contributed by atoms with van der Waals surface area (Å²) in [5.41, 5.74) is 3.53. The number of hydrogen-bond acceptors (Lipinski definition) is 3. The summed E-state index contributed by atoms with van der Waals surface area (Å²) >= 11 is 0. The third-order valence-electron chi connectivity index (χ3n) is 4.74. The van der Waals surface area contributed by atoms with Crippen LogP contribution in [-0.2, 0) is 21.2 Å². The molecule has 6 heteroatoms. The van der Waals surface area contributed by atoms with Crippen LogP contribution in [0.4, 0.5) is 11.4 Å². The van der Waals surface area contributed by atoms with Crippen molar-refractivity contribution < 1.29 is 13.2 Å². The average molecular weight is 387 g/mol. The second kappa shape index (κ2) is 6.68. The molecule has 1 N–H and O–H groups in total. The topological polar surface area (TPSA) is 66.5 Å². The summed E-state index contributed by atoms with van der Waals surface area (Å²) < 4.78 is 28.3. The van der Waals surface area contributed by atoms with Crippen molar-refractivity contribution >= 4 is 27.3 Å². The molecule has 144 valence electrons. The first-order valence-electron chi connectivity index (χ1n) is 9.04. The van der Waals surface area contributed by atoms with E-state index in [1.165, 1.54) is 0 Å². The largest absolute Gasteiger partial charge is 0.311 e. The summed E-state index contributed by atoms with van der Waals surface area (Å²) in [6.45, 7) is 10.0. The summed E-state index contributed by atoms with van der Waals surface area (Å²) in [6, 6.07) is 10.7. The Bertz CT molecular complexity index is 1000. The van der Waals surface area contributed by atoms with E-state index >= 15 is 0 Å². The molecule has 0 atom stereocenters. The van der Waals surface area contributed by atoms with Crippen LogP contribution >= 0.6 is 0 Å². The maximum Gasteiger partial charge on any atom is 0.262 e. The number of nitrogens with one attached hydrogen (secondary N) is 1. The molecule has 0 bridgehead atoms. The molecule has 1 amide bonds. The van der Waals surface area contributed by atoms with Crippen LogP contribution in [0.3, 0.4) is 0 Å². The van der Waals surface area contributed by atoms with E-state index in [0.29, 0.717) is 17.8 Å². The number of rotatable bonds is 3. The normalized spacial score (nSPS) is 14.2. The quantitative estimate of drug-likeness (QED) is 0.866. The molecule has 5 nitrogen and oxygen atoms in total. The van der Waals surface area contributed by atoms with E-state index in [1.807, 2.05) is 39.8 Å². The number of amides is 1. The van der Waals surface area contributed by atoms with Crippen molar-refractivity contribution in [3.63, 3.8) is 0 Å². The summed E-state index contributed by atoms with van der Waals surface area (Å²) in [7, 11) is -3.70. The van der Waals surface area contributed by atoms with Crippen molar-refractivity contribution in [3.05, 3.63) is 53.1 Å². The van der Waals surface area contributed by atoms with E-state index in [2.05, 4.69) is 4.72 Å². The molecule has 0 saturated heterocycles. The molecule has 0 spiro atoms. The van der Waals surface area contributed by atoms with Gasteiger partial charge >= 0.3 is 0 Å². The molecule has 0 fully saturated rings. The molecule has 0 unspecified atom stereocenters. The Morgan fingerprint density at radius 2 is 1.78 bits per heavy atom. The van der Waals surface area contributed by atoms with Crippen molar-refractivity contribution in [2.45, 2.75) is 45.9 Å². The van der Waals surface area contributed by atoms with Gasteiger partial charge in [0.2, 0.25) is 5.91 Å². The Labute approximate surface area is 161 Å². The average Bonchev–Trinajstić information content (AvgIpc) is 2.95. The zero-order valence-corrected chi connectivity index (χ0v) is 17.3. The molecule has 3 rings (SSSR count). The molecule has 1 heterocycles. The lowest BCUT2D eigenvalue weighted by atomic mass is 9.94. The second-order valence-electron chi connectivity index (χ2n) is 8.17. The number of anilines is 2. The molecular formula is C21H26N2O3S. The van der Waals surface area contributed by atoms with Crippen molar-refractivity contribution in [2.24, 2.45) is 5.41 Å². The van der Waals surface area contributed by atoms with Gasteiger partial charge in [0.15, 0.2) is 0 Å². The minimum atomic E-state index is -3.70. The van der Waals surface area contributed by atoms with Gasteiger partial charge in [-0.15, -0.1) is 0 Å². The van der Waals surface area contributed by atoms with Crippen LogP contribution in [0, 0.1) is 19.3 Å². The van der Waals surface area contributed by atoms with Gasteiger partial charge in [0.05, 0.1) is 10.6 Å². The Morgan fingerprint density at radius 3 is 2.41 bits per heavy atom. The lowest BCUT2D eigenvalue weighted by molar-refractivity contribution is -0.125. The van der Waals surface area contributed by atoms with Gasteiger partial charge < -0.3 is 4.90 Å². The minimum absolute atomic E-state index is 0.0376. The number of sulfonamides is 1. The van der Waals surface area contributed by atoms with Crippen LogP contribution in [0.15, 0.2) is 41.3 Å². The Hall–Kier alpha value is -2.34. The highest BCUT2D eigenvalue weighted by molar-refractivity contribution is 7.92. The number of benzene rings is 2. The standard InChI is InChI=1S/C21H26N2O3S/c1-14-6-9-19(15(2)12-14)27(25,26)22-17-8-7-16-10-11-23(18(16)13-17)20(24)21(3,4)5/h6-9,12-13,22H,10-11H2,1-5H3. The van der Waals surface area contributed by atoms with Crippen molar-refractivity contribution in [1.29, 1.82) is 0 Å². The van der Waals surface area contributed by atoms with E-state index in [4.69, 9.17) is 0 Å². The highest BCUT2D eigenvalue weighted by Gasteiger charge is 2.32. The van der Waals surface area contributed by atoms with E-state index in [1.54, 1.807) is 36.1 Å². The fourth-order valence-corrected chi connectivity index (χ4v) is 4.65. The number of carbonyl (C=O) groups excluding carboxylic acids is 1. The van der Waals surface area contributed by atoms with Crippen molar-refractivity contribution in [3.8, 4) is 0 Å². The molecular weight excluding hydrogens is 360 g/mol. The van der Waals surface area contributed by atoms with Gasteiger partial charge in [0, 0.05) is 17.6 Å². The zero-order chi connectivity index (χ0) is 20.0. The van der Waals surface area contributed by atoms with E-state index in [0.717, 1.165) is 23.2 Å². The first-order valence-corrected chi connectivity index (χ1v) is 10.5. The molecule has 0 saturated carbocycles. The molecule has 1 aliphatic rings. The van der Waals surface area contributed by atoms with E-state index in [9.17, 15) is 13.2 Å². The molecule has 0 aromatic heterocycles. The predicted octanol–water partition coefficient (Wildman–Crippen LogP) is 4.04. The zero-order valence-electron chi connectivity index (χ0n) is 16.5. The first-order chi connectivity index (χ1) is 12.5. The van der Waals surface area contributed by atoms with E-state index < -0.39 is 15.4 Å². The van der Waals surface area contributed by atoms with Crippen molar-refractivity contribution in [2.75, 3.05) is 16.2 Å². The SMILES string of the molecule is Cc1ccc(S(=O)(=O)Nc2ccc3c(c2)N(C(=O)C(C)(C)C)CC3)c(C)c1. The smallest absolute Gasteiger partial charge is 0.262 e.